The molecule has 0 saturated carbocycles. The fourth-order valence-corrected chi connectivity index (χ4v) is 2.21. The molecule has 0 atom stereocenters. The number of halogens is 3. The van der Waals surface area contributed by atoms with Gasteiger partial charge < -0.3 is 15.0 Å². The molecule has 2 N–H and O–H groups in total. The van der Waals surface area contributed by atoms with Gasteiger partial charge in [0.15, 0.2) is 0 Å². The van der Waals surface area contributed by atoms with Gasteiger partial charge in [-0.3, -0.25) is 19.4 Å². The Morgan fingerprint density at radius 3 is 2.50 bits per heavy atom. The highest BCUT2D eigenvalue weighted by Gasteiger charge is 2.31. The van der Waals surface area contributed by atoms with E-state index in [9.17, 15) is 27.6 Å². The number of alkyl halides is 3. The molecule has 8 nitrogen and oxygen atoms in total. The summed E-state index contributed by atoms with van der Waals surface area (Å²) < 4.78 is 43.6. The number of methoxy groups -OCH3 is 1. The number of esters is 1. The number of nitrogens with zero attached hydrogens (tertiary/aromatic N) is 2. The Balaban J connectivity index is 2.43. The van der Waals surface area contributed by atoms with Crippen molar-refractivity contribution in [3.63, 3.8) is 0 Å². The van der Waals surface area contributed by atoms with Crippen molar-refractivity contribution in [3.8, 4) is 0 Å². The molecule has 28 heavy (non-hydrogen) atoms. The van der Waals surface area contributed by atoms with Gasteiger partial charge in [-0.05, 0) is 17.7 Å². The highest BCUT2D eigenvalue weighted by molar-refractivity contribution is 6.03. The van der Waals surface area contributed by atoms with Gasteiger partial charge in [-0.2, -0.15) is 13.2 Å². The summed E-state index contributed by atoms with van der Waals surface area (Å²) in [6.45, 7) is 0. The second-order valence-corrected chi connectivity index (χ2v) is 5.93. The molecule has 0 aliphatic carbocycles. The van der Waals surface area contributed by atoms with Gasteiger partial charge in [0.25, 0.3) is 11.5 Å². The number of ether oxygens (including phenoxy) is 1. The Labute approximate surface area is 157 Å². The quantitative estimate of drug-likeness (QED) is 0.745. The largest absolute Gasteiger partial charge is 0.469 e. The zero-order valence-corrected chi connectivity index (χ0v) is 15.2. The Bertz CT molecular complexity index is 954. The van der Waals surface area contributed by atoms with E-state index in [1.54, 1.807) is 14.1 Å². The van der Waals surface area contributed by atoms with E-state index in [1.807, 2.05) is 0 Å². The Hall–Kier alpha value is -3.37. The third-order valence-electron chi connectivity index (χ3n) is 3.63. The van der Waals surface area contributed by atoms with Crippen molar-refractivity contribution in [2.24, 2.45) is 0 Å². The molecule has 2 rings (SSSR count). The zero-order chi connectivity index (χ0) is 21.1. The number of hydrogen-bond acceptors (Lipinski definition) is 6. The molecule has 0 spiro atoms. The number of benzene rings is 1. The van der Waals surface area contributed by atoms with E-state index in [1.165, 1.54) is 4.90 Å². The van der Waals surface area contributed by atoms with E-state index < -0.39 is 29.2 Å². The summed E-state index contributed by atoms with van der Waals surface area (Å²) in [6.07, 6.45) is -5.00. The van der Waals surface area contributed by atoms with Crippen LogP contribution in [0.25, 0.3) is 0 Å². The van der Waals surface area contributed by atoms with Gasteiger partial charge in [-0.25, -0.2) is 4.98 Å². The first kappa shape index (κ1) is 20.9. The minimum Gasteiger partial charge on any atom is -0.469 e. The summed E-state index contributed by atoms with van der Waals surface area (Å²) in [5, 5.41) is 2.28. The first-order valence-corrected chi connectivity index (χ1v) is 7.88. The van der Waals surface area contributed by atoms with Crippen molar-refractivity contribution in [2.75, 3.05) is 31.4 Å². The summed E-state index contributed by atoms with van der Waals surface area (Å²) in [4.78, 5) is 43.5. The number of aromatic amines is 1. The Morgan fingerprint density at radius 2 is 1.93 bits per heavy atom. The zero-order valence-electron chi connectivity index (χ0n) is 15.2. The standard InChI is InChI=1S/C17H17F3N4O4/c1-24(2)16-22-12(8-13(25)23-16)15(27)21-11-7-10(17(18,19)20)5-4-9(11)6-14(26)28-3/h4-5,7-8H,6H2,1-3H3,(H,21,27)(H,22,23,25). The molecule has 0 aliphatic rings. The predicted octanol–water partition coefficient (Wildman–Crippen LogP) is 1.82. The SMILES string of the molecule is COC(=O)Cc1ccc(C(F)(F)F)cc1NC(=O)c1cc(=O)[nH]c(N(C)C)n1. The number of carbonyl (C=O) groups is 2. The molecule has 0 aliphatic heterocycles. The minimum absolute atomic E-state index is 0.0940. The number of hydrogen-bond donors (Lipinski definition) is 2. The van der Waals surface area contributed by atoms with E-state index in [0.29, 0.717) is 6.07 Å². The number of anilines is 2. The van der Waals surface area contributed by atoms with Gasteiger partial charge in [-0.1, -0.05) is 6.07 Å². The molecule has 2 aromatic rings. The van der Waals surface area contributed by atoms with Crippen LogP contribution in [0.15, 0.2) is 29.1 Å². The second kappa shape index (κ2) is 8.11. The molecule has 0 unspecified atom stereocenters. The van der Waals surface area contributed by atoms with Crippen molar-refractivity contribution in [1.29, 1.82) is 0 Å². The number of amides is 1. The monoisotopic (exact) mass is 398 g/mol. The fraction of sp³-hybridized carbons (Fsp3) is 0.294. The molecule has 1 aromatic heterocycles. The number of rotatable bonds is 5. The predicted molar refractivity (Wildman–Crippen MR) is 94.3 cm³/mol. The van der Waals surface area contributed by atoms with Crippen LogP contribution in [0.2, 0.25) is 0 Å². The lowest BCUT2D eigenvalue weighted by atomic mass is 10.1. The van der Waals surface area contributed by atoms with E-state index in [0.717, 1.165) is 25.3 Å². The third-order valence-corrected chi connectivity index (χ3v) is 3.63. The van der Waals surface area contributed by atoms with Crippen LogP contribution in [0.4, 0.5) is 24.8 Å². The summed E-state index contributed by atoms with van der Waals surface area (Å²) >= 11 is 0. The number of aromatic nitrogens is 2. The minimum atomic E-state index is -4.65. The normalized spacial score (nSPS) is 11.1. The second-order valence-electron chi connectivity index (χ2n) is 5.93. The lowest BCUT2D eigenvalue weighted by Crippen LogP contribution is -2.24. The van der Waals surface area contributed by atoms with Crippen LogP contribution in [-0.4, -0.2) is 43.0 Å². The lowest BCUT2D eigenvalue weighted by Gasteiger charge is -2.15. The molecule has 0 bridgehead atoms. The average Bonchev–Trinajstić information content (AvgIpc) is 2.61. The third kappa shape index (κ3) is 5.09. The molecular formula is C17H17F3N4O4. The fourth-order valence-electron chi connectivity index (χ4n) is 2.21. The van der Waals surface area contributed by atoms with E-state index >= 15 is 0 Å². The highest BCUT2D eigenvalue weighted by atomic mass is 19.4. The van der Waals surface area contributed by atoms with Gasteiger partial charge in [0.2, 0.25) is 5.95 Å². The molecule has 150 valence electrons. The summed E-state index contributed by atoms with van der Waals surface area (Å²) in [7, 11) is 4.30. The van der Waals surface area contributed by atoms with Crippen LogP contribution in [0.1, 0.15) is 21.6 Å². The summed E-state index contributed by atoms with van der Waals surface area (Å²) in [5.41, 5.74) is -2.04. The maximum atomic E-state index is 13.0. The molecular weight excluding hydrogens is 381 g/mol. The average molecular weight is 398 g/mol. The molecule has 1 aromatic carbocycles. The number of H-pyrrole nitrogens is 1. The van der Waals surface area contributed by atoms with Crippen LogP contribution < -0.4 is 15.8 Å². The van der Waals surface area contributed by atoms with Gasteiger partial charge in [-0.15, -0.1) is 0 Å². The van der Waals surface area contributed by atoms with E-state index in [4.69, 9.17) is 0 Å². The van der Waals surface area contributed by atoms with E-state index in [-0.39, 0.29) is 29.3 Å². The van der Waals surface area contributed by atoms with Crippen LogP contribution in [0.3, 0.4) is 0 Å². The topological polar surface area (TPSA) is 104 Å². The molecule has 1 amide bonds. The molecule has 0 fully saturated rings. The maximum Gasteiger partial charge on any atom is 0.416 e. The summed E-state index contributed by atoms with van der Waals surface area (Å²) in [5.74, 6) is -1.50. The van der Waals surface area contributed by atoms with Crippen molar-refractivity contribution in [1.82, 2.24) is 9.97 Å². The van der Waals surface area contributed by atoms with Gasteiger partial charge in [0.1, 0.15) is 5.69 Å². The highest BCUT2D eigenvalue weighted by Crippen LogP contribution is 2.32. The first-order chi connectivity index (χ1) is 13.0. The Kier molecular flexibility index (Phi) is 6.06. The maximum absolute atomic E-state index is 13.0. The van der Waals surface area contributed by atoms with Crippen LogP contribution in [0, 0.1) is 0 Å². The van der Waals surface area contributed by atoms with Crippen molar-refractivity contribution in [3.05, 3.63) is 51.4 Å². The van der Waals surface area contributed by atoms with Crippen molar-refractivity contribution in [2.45, 2.75) is 12.6 Å². The first-order valence-electron chi connectivity index (χ1n) is 7.88. The molecule has 0 radical (unpaired) electrons. The number of nitrogens with one attached hydrogen (secondary N) is 2. The van der Waals surface area contributed by atoms with E-state index in [2.05, 4.69) is 20.0 Å². The smallest absolute Gasteiger partial charge is 0.416 e. The number of carbonyl (C=O) groups excluding carboxylic acids is 2. The van der Waals surface area contributed by atoms with Crippen LogP contribution >= 0.6 is 0 Å². The Morgan fingerprint density at radius 1 is 1.25 bits per heavy atom. The van der Waals surface area contributed by atoms with Gasteiger partial charge in [0.05, 0.1) is 19.1 Å². The van der Waals surface area contributed by atoms with Crippen molar-refractivity contribution < 1.29 is 27.5 Å². The van der Waals surface area contributed by atoms with Crippen LogP contribution in [-0.2, 0) is 22.1 Å². The van der Waals surface area contributed by atoms with Gasteiger partial charge >= 0.3 is 12.1 Å². The van der Waals surface area contributed by atoms with Gasteiger partial charge in [0, 0.05) is 25.8 Å². The lowest BCUT2D eigenvalue weighted by molar-refractivity contribution is -0.139. The summed E-state index contributed by atoms with van der Waals surface area (Å²) in [6, 6.07) is 3.49. The van der Waals surface area contributed by atoms with Crippen molar-refractivity contribution >= 4 is 23.5 Å². The molecule has 11 heteroatoms. The molecule has 0 saturated heterocycles. The van der Waals surface area contributed by atoms with Crippen LogP contribution in [0.5, 0.6) is 0 Å². The molecule has 1 heterocycles.